The van der Waals surface area contributed by atoms with Crippen molar-refractivity contribution in [3.05, 3.63) is 35.9 Å². The summed E-state index contributed by atoms with van der Waals surface area (Å²) in [7, 11) is 0. The third-order valence-electron chi connectivity index (χ3n) is 3.98. The maximum Gasteiger partial charge on any atom is 0.410 e. The summed E-state index contributed by atoms with van der Waals surface area (Å²) in [5, 5.41) is 8.92. The number of rotatable bonds is 3. The number of hydrogen-bond donors (Lipinski definition) is 1. The standard InChI is InChI=1S/C15H17NO5/c17-14(18)12-6-11-7-16(8-13(11)21-12)15(19)20-9-10-4-2-1-3-5-10/h1-5,11-13H,6-9H2,(H,17,18). The van der Waals surface area contributed by atoms with Gasteiger partial charge in [-0.15, -0.1) is 0 Å². The molecule has 6 nitrogen and oxygen atoms in total. The molecule has 0 spiro atoms. The van der Waals surface area contributed by atoms with Gasteiger partial charge in [-0.25, -0.2) is 9.59 Å². The summed E-state index contributed by atoms with van der Waals surface area (Å²) in [5.74, 6) is -0.835. The van der Waals surface area contributed by atoms with Crippen LogP contribution in [0.3, 0.4) is 0 Å². The van der Waals surface area contributed by atoms with E-state index in [9.17, 15) is 9.59 Å². The molecule has 0 aliphatic carbocycles. The van der Waals surface area contributed by atoms with Gasteiger partial charge in [0.05, 0.1) is 12.6 Å². The molecule has 112 valence electrons. The van der Waals surface area contributed by atoms with Crippen molar-refractivity contribution in [3.63, 3.8) is 0 Å². The van der Waals surface area contributed by atoms with Crippen LogP contribution in [0.5, 0.6) is 0 Å². The minimum Gasteiger partial charge on any atom is -0.479 e. The van der Waals surface area contributed by atoms with Crippen molar-refractivity contribution in [2.24, 2.45) is 5.92 Å². The van der Waals surface area contributed by atoms with Crippen LogP contribution in [0.2, 0.25) is 0 Å². The van der Waals surface area contributed by atoms with E-state index in [0.29, 0.717) is 19.5 Å². The van der Waals surface area contributed by atoms with Gasteiger partial charge >= 0.3 is 12.1 Å². The van der Waals surface area contributed by atoms with Crippen LogP contribution in [0.25, 0.3) is 0 Å². The lowest BCUT2D eigenvalue weighted by molar-refractivity contribution is -0.149. The fourth-order valence-electron chi connectivity index (χ4n) is 2.88. The van der Waals surface area contributed by atoms with Gasteiger partial charge in [0.15, 0.2) is 6.10 Å². The van der Waals surface area contributed by atoms with Crippen molar-refractivity contribution in [3.8, 4) is 0 Å². The first kappa shape index (κ1) is 13.9. The SMILES string of the molecule is O=C(O)C1CC2CN(C(=O)OCc3ccccc3)CC2O1. The molecule has 2 aliphatic heterocycles. The Morgan fingerprint density at radius 1 is 1.29 bits per heavy atom. The molecule has 2 saturated heterocycles. The molecule has 2 fully saturated rings. The number of likely N-dealkylation sites (tertiary alicyclic amines) is 1. The van der Waals surface area contributed by atoms with Gasteiger partial charge in [0.2, 0.25) is 0 Å². The van der Waals surface area contributed by atoms with E-state index in [0.717, 1.165) is 5.56 Å². The summed E-state index contributed by atoms with van der Waals surface area (Å²) in [6.07, 6.45) is -0.829. The number of aliphatic carboxylic acids is 1. The third kappa shape index (κ3) is 3.00. The highest BCUT2D eigenvalue weighted by Crippen LogP contribution is 2.33. The number of carbonyl (C=O) groups is 2. The van der Waals surface area contributed by atoms with Gasteiger partial charge in [0.1, 0.15) is 6.61 Å². The average molecular weight is 291 g/mol. The zero-order valence-electron chi connectivity index (χ0n) is 11.5. The molecule has 3 unspecified atom stereocenters. The van der Waals surface area contributed by atoms with Crippen molar-refractivity contribution >= 4 is 12.1 Å². The Kier molecular flexibility index (Phi) is 3.79. The molecule has 1 aromatic carbocycles. The Balaban J connectivity index is 1.49. The van der Waals surface area contributed by atoms with Crippen LogP contribution in [0.4, 0.5) is 4.79 Å². The second kappa shape index (κ2) is 5.73. The van der Waals surface area contributed by atoms with Crippen LogP contribution >= 0.6 is 0 Å². The molecule has 0 radical (unpaired) electrons. The van der Waals surface area contributed by atoms with Crippen LogP contribution in [0.1, 0.15) is 12.0 Å². The predicted octanol–water partition coefficient (Wildman–Crippen LogP) is 1.50. The number of benzene rings is 1. The molecule has 21 heavy (non-hydrogen) atoms. The molecule has 0 bridgehead atoms. The smallest absolute Gasteiger partial charge is 0.410 e. The van der Waals surface area contributed by atoms with Crippen LogP contribution in [-0.2, 0) is 20.9 Å². The highest BCUT2D eigenvalue weighted by Gasteiger charge is 2.46. The van der Waals surface area contributed by atoms with Crippen molar-refractivity contribution in [2.45, 2.75) is 25.2 Å². The van der Waals surface area contributed by atoms with Crippen molar-refractivity contribution in [1.82, 2.24) is 4.90 Å². The predicted molar refractivity (Wildman–Crippen MR) is 72.6 cm³/mol. The monoisotopic (exact) mass is 291 g/mol. The van der Waals surface area contributed by atoms with Gasteiger partial charge < -0.3 is 19.5 Å². The fraction of sp³-hybridized carbons (Fsp3) is 0.467. The molecule has 6 heteroatoms. The molecule has 2 aliphatic rings. The topological polar surface area (TPSA) is 76.1 Å². The average Bonchev–Trinajstić information content (AvgIpc) is 3.04. The molecular weight excluding hydrogens is 274 g/mol. The first-order valence-electron chi connectivity index (χ1n) is 6.97. The summed E-state index contributed by atoms with van der Waals surface area (Å²) in [4.78, 5) is 24.5. The van der Waals surface area contributed by atoms with Crippen molar-refractivity contribution < 1.29 is 24.2 Å². The molecule has 1 aromatic rings. The van der Waals surface area contributed by atoms with Crippen LogP contribution in [0.15, 0.2) is 30.3 Å². The quantitative estimate of drug-likeness (QED) is 0.913. The Bertz CT molecular complexity index is 518. The van der Waals surface area contributed by atoms with Gasteiger partial charge in [0, 0.05) is 12.5 Å². The number of nitrogens with zero attached hydrogens (tertiary/aromatic N) is 1. The number of hydrogen-bond acceptors (Lipinski definition) is 4. The molecule has 1 N–H and O–H groups in total. The summed E-state index contributed by atoms with van der Waals surface area (Å²) in [5.41, 5.74) is 0.937. The molecule has 0 aromatic heterocycles. The Labute approximate surface area is 122 Å². The zero-order chi connectivity index (χ0) is 14.8. The molecule has 2 heterocycles. The van der Waals surface area contributed by atoms with Gasteiger partial charge in [0.25, 0.3) is 0 Å². The lowest BCUT2D eigenvalue weighted by Crippen LogP contribution is -2.33. The van der Waals surface area contributed by atoms with Gasteiger partial charge in [-0.1, -0.05) is 30.3 Å². The van der Waals surface area contributed by atoms with E-state index >= 15 is 0 Å². The van der Waals surface area contributed by atoms with Crippen molar-refractivity contribution in [2.75, 3.05) is 13.1 Å². The van der Waals surface area contributed by atoms with E-state index in [1.165, 1.54) is 0 Å². The normalized spacial score (nSPS) is 27.4. The van der Waals surface area contributed by atoms with E-state index in [4.69, 9.17) is 14.6 Å². The number of carboxylic acid groups (broad SMARTS) is 1. The van der Waals surface area contributed by atoms with Crippen LogP contribution < -0.4 is 0 Å². The largest absolute Gasteiger partial charge is 0.479 e. The van der Waals surface area contributed by atoms with Crippen LogP contribution in [-0.4, -0.2) is 47.4 Å². The first-order chi connectivity index (χ1) is 10.1. The Hall–Kier alpha value is -2.08. The number of carbonyl (C=O) groups excluding carboxylic acids is 1. The summed E-state index contributed by atoms with van der Waals surface area (Å²) >= 11 is 0. The Morgan fingerprint density at radius 2 is 2.05 bits per heavy atom. The maximum atomic E-state index is 12.0. The third-order valence-corrected chi connectivity index (χ3v) is 3.98. The minimum atomic E-state index is -0.928. The van der Waals surface area contributed by atoms with E-state index in [-0.39, 0.29) is 24.7 Å². The lowest BCUT2D eigenvalue weighted by Gasteiger charge is -2.18. The maximum absolute atomic E-state index is 12.0. The number of fused-ring (bicyclic) bond motifs is 1. The highest BCUT2D eigenvalue weighted by molar-refractivity contribution is 5.73. The molecule has 3 atom stereocenters. The lowest BCUT2D eigenvalue weighted by atomic mass is 10.0. The summed E-state index contributed by atoms with van der Waals surface area (Å²) in [6.45, 7) is 1.15. The minimum absolute atomic E-state index is 0.0929. The number of ether oxygens (including phenoxy) is 2. The summed E-state index contributed by atoms with van der Waals surface area (Å²) in [6, 6.07) is 9.48. The van der Waals surface area contributed by atoms with Gasteiger partial charge in [-0.2, -0.15) is 0 Å². The molecule has 3 rings (SSSR count). The van der Waals surface area contributed by atoms with Gasteiger partial charge in [-0.3, -0.25) is 0 Å². The number of carboxylic acids is 1. The van der Waals surface area contributed by atoms with Crippen LogP contribution in [0, 0.1) is 5.92 Å². The zero-order valence-corrected chi connectivity index (χ0v) is 11.5. The summed E-state index contributed by atoms with van der Waals surface area (Å²) < 4.78 is 10.7. The second-order valence-corrected chi connectivity index (χ2v) is 5.44. The second-order valence-electron chi connectivity index (χ2n) is 5.44. The molecular formula is C15H17NO5. The van der Waals surface area contributed by atoms with E-state index in [1.807, 2.05) is 30.3 Å². The Morgan fingerprint density at radius 3 is 2.71 bits per heavy atom. The van der Waals surface area contributed by atoms with E-state index in [2.05, 4.69) is 0 Å². The molecule has 0 saturated carbocycles. The van der Waals surface area contributed by atoms with E-state index in [1.54, 1.807) is 4.90 Å². The van der Waals surface area contributed by atoms with E-state index < -0.39 is 12.1 Å². The number of amides is 1. The highest BCUT2D eigenvalue weighted by atomic mass is 16.6. The first-order valence-corrected chi connectivity index (χ1v) is 6.97. The fourth-order valence-corrected chi connectivity index (χ4v) is 2.88. The molecule has 1 amide bonds. The van der Waals surface area contributed by atoms with Gasteiger partial charge in [-0.05, 0) is 12.0 Å². The van der Waals surface area contributed by atoms with Crippen molar-refractivity contribution in [1.29, 1.82) is 0 Å².